The van der Waals surface area contributed by atoms with Gasteiger partial charge < -0.3 is 15.0 Å². The molecule has 0 aliphatic carbocycles. The van der Waals surface area contributed by atoms with Crippen molar-refractivity contribution in [1.82, 2.24) is 14.7 Å². The van der Waals surface area contributed by atoms with Crippen LogP contribution >= 0.6 is 0 Å². The SMILES string of the molecule is CCOc1ccccc1NC(=O)[C@H](c1ccccc1)N1CCN(CC(=O)N2CCCC2)CC1. The van der Waals surface area contributed by atoms with E-state index in [9.17, 15) is 9.59 Å². The molecule has 1 atom stereocenters. The molecule has 0 radical (unpaired) electrons. The monoisotopic (exact) mass is 450 g/mol. The molecule has 2 amide bonds. The number of amides is 2. The highest BCUT2D eigenvalue weighted by molar-refractivity contribution is 5.96. The quantitative estimate of drug-likeness (QED) is 0.670. The van der Waals surface area contributed by atoms with Crippen LogP contribution in [0.1, 0.15) is 31.4 Å². The molecule has 2 aliphatic heterocycles. The van der Waals surface area contributed by atoms with Gasteiger partial charge in [-0.1, -0.05) is 42.5 Å². The zero-order valence-electron chi connectivity index (χ0n) is 19.4. The number of likely N-dealkylation sites (tertiary alicyclic amines) is 1. The third-order valence-corrected chi connectivity index (χ3v) is 6.40. The molecular formula is C26H34N4O3. The van der Waals surface area contributed by atoms with Gasteiger partial charge in [0.1, 0.15) is 11.8 Å². The smallest absolute Gasteiger partial charge is 0.246 e. The van der Waals surface area contributed by atoms with Gasteiger partial charge in [0.15, 0.2) is 0 Å². The van der Waals surface area contributed by atoms with Crippen molar-refractivity contribution in [2.45, 2.75) is 25.8 Å². The summed E-state index contributed by atoms with van der Waals surface area (Å²) < 4.78 is 5.69. The maximum Gasteiger partial charge on any atom is 0.246 e. The Morgan fingerprint density at radius 1 is 0.909 bits per heavy atom. The Bertz CT molecular complexity index is 922. The molecule has 0 aromatic heterocycles. The van der Waals surface area contributed by atoms with Crippen molar-refractivity contribution in [3.63, 3.8) is 0 Å². The molecule has 4 rings (SSSR count). The van der Waals surface area contributed by atoms with Crippen LogP contribution in [0.25, 0.3) is 0 Å². The van der Waals surface area contributed by atoms with Gasteiger partial charge in [0.25, 0.3) is 0 Å². The third kappa shape index (κ3) is 5.92. The number of anilines is 1. The molecule has 2 aromatic rings. The fourth-order valence-corrected chi connectivity index (χ4v) is 4.65. The second-order valence-corrected chi connectivity index (χ2v) is 8.63. The van der Waals surface area contributed by atoms with Crippen molar-refractivity contribution in [1.29, 1.82) is 0 Å². The molecule has 2 heterocycles. The number of carbonyl (C=O) groups is 2. The lowest BCUT2D eigenvalue weighted by molar-refractivity contribution is -0.132. The summed E-state index contributed by atoms with van der Waals surface area (Å²) in [5, 5.41) is 3.09. The number of ether oxygens (including phenoxy) is 1. The van der Waals surface area contributed by atoms with Gasteiger partial charge >= 0.3 is 0 Å². The van der Waals surface area contributed by atoms with Crippen LogP contribution in [-0.2, 0) is 9.59 Å². The molecule has 176 valence electrons. The van der Waals surface area contributed by atoms with Crippen LogP contribution < -0.4 is 10.1 Å². The Kier molecular flexibility index (Phi) is 7.96. The minimum Gasteiger partial charge on any atom is -0.492 e. The largest absolute Gasteiger partial charge is 0.492 e. The fourth-order valence-electron chi connectivity index (χ4n) is 4.65. The first-order valence-corrected chi connectivity index (χ1v) is 12.0. The lowest BCUT2D eigenvalue weighted by Crippen LogP contribution is -2.52. The molecule has 0 bridgehead atoms. The van der Waals surface area contributed by atoms with E-state index in [-0.39, 0.29) is 11.8 Å². The van der Waals surface area contributed by atoms with Gasteiger partial charge in [-0.2, -0.15) is 0 Å². The number of nitrogens with zero attached hydrogens (tertiary/aromatic N) is 3. The van der Waals surface area contributed by atoms with E-state index in [1.54, 1.807) is 0 Å². The summed E-state index contributed by atoms with van der Waals surface area (Å²) in [7, 11) is 0. The summed E-state index contributed by atoms with van der Waals surface area (Å²) in [4.78, 5) is 32.5. The first-order chi connectivity index (χ1) is 16.2. The van der Waals surface area contributed by atoms with E-state index in [2.05, 4.69) is 15.1 Å². The number of piperazine rings is 1. The molecule has 0 unspecified atom stereocenters. The molecule has 7 heteroatoms. The number of hydrogen-bond acceptors (Lipinski definition) is 5. The van der Waals surface area contributed by atoms with Gasteiger partial charge in [0, 0.05) is 39.3 Å². The molecule has 2 saturated heterocycles. The lowest BCUT2D eigenvalue weighted by Gasteiger charge is -2.39. The van der Waals surface area contributed by atoms with Crippen LogP contribution in [0.15, 0.2) is 54.6 Å². The van der Waals surface area contributed by atoms with Crippen molar-refractivity contribution in [3.8, 4) is 5.75 Å². The average molecular weight is 451 g/mol. The normalized spacial score (nSPS) is 18.2. The van der Waals surface area contributed by atoms with Crippen LogP contribution in [0.3, 0.4) is 0 Å². The Hall–Kier alpha value is -2.90. The topological polar surface area (TPSA) is 65.1 Å². The van der Waals surface area contributed by atoms with Gasteiger partial charge in [0.2, 0.25) is 11.8 Å². The third-order valence-electron chi connectivity index (χ3n) is 6.40. The van der Waals surface area contributed by atoms with Gasteiger partial charge in [-0.3, -0.25) is 19.4 Å². The van der Waals surface area contributed by atoms with E-state index < -0.39 is 6.04 Å². The first-order valence-electron chi connectivity index (χ1n) is 12.0. The van der Waals surface area contributed by atoms with Crippen molar-refractivity contribution in [3.05, 3.63) is 60.2 Å². The van der Waals surface area contributed by atoms with Gasteiger partial charge in [-0.15, -0.1) is 0 Å². The van der Waals surface area contributed by atoms with E-state index >= 15 is 0 Å². The number of carbonyl (C=O) groups excluding carboxylic acids is 2. The zero-order chi connectivity index (χ0) is 23.0. The summed E-state index contributed by atoms with van der Waals surface area (Å²) in [6.07, 6.45) is 2.22. The van der Waals surface area contributed by atoms with Crippen molar-refractivity contribution >= 4 is 17.5 Å². The number of nitrogens with one attached hydrogen (secondary N) is 1. The highest BCUT2D eigenvalue weighted by atomic mass is 16.5. The standard InChI is InChI=1S/C26H34N4O3/c1-2-33-23-13-7-6-12-22(23)27-26(32)25(21-10-4-3-5-11-21)30-18-16-28(17-19-30)20-24(31)29-14-8-9-15-29/h3-7,10-13,25H,2,8-9,14-20H2,1H3,(H,27,32)/t25-/m0/s1. The summed E-state index contributed by atoms with van der Waals surface area (Å²) in [6.45, 7) is 7.71. The molecule has 1 N–H and O–H groups in total. The maximum atomic E-state index is 13.5. The Labute approximate surface area is 196 Å². The van der Waals surface area contributed by atoms with E-state index in [1.807, 2.05) is 66.4 Å². The minimum atomic E-state index is -0.405. The second kappa shape index (κ2) is 11.3. The molecule has 7 nitrogen and oxygen atoms in total. The average Bonchev–Trinajstić information content (AvgIpc) is 3.38. The molecule has 2 aromatic carbocycles. The summed E-state index contributed by atoms with van der Waals surface area (Å²) >= 11 is 0. The fraction of sp³-hybridized carbons (Fsp3) is 0.462. The van der Waals surface area contributed by atoms with E-state index in [4.69, 9.17) is 4.74 Å². The summed E-state index contributed by atoms with van der Waals surface area (Å²) in [6, 6.07) is 17.0. The minimum absolute atomic E-state index is 0.0741. The highest BCUT2D eigenvalue weighted by Gasteiger charge is 2.32. The number of hydrogen-bond donors (Lipinski definition) is 1. The molecule has 0 spiro atoms. The number of para-hydroxylation sites is 2. The van der Waals surface area contributed by atoms with Crippen molar-refractivity contribution < 1.29 is 14.3 Å². The molecule has 2 aliphatic rings. The summed E-state index contributed by atoms with van der Waals surface area (Å²) in [5.41, 5.74) is 1.64. The van der Waals surface area contributed by atoms with Crippen molar-refractivity contribution in [2.24, 2.45) is 0 Å². The second-order valence-electron chi connectivity index (χ2n) is 8.63. The van der Waals surface area contributed by atoms with Gasteiger partial charge in [-0.25, -0.2) is 0 Å². The van der Waals surface area contributed by atoms with Crippen LogP contribution in [0.2, 0.25) is 0 Å². The summed E-state index contributed by atoms with van der Waals surface area (Å²) in [5.74, 6) is 0.825. The number of benzene rings is 2. The molecule has 0 saturated carbocycles. The molecule has 2 fully saturated rings. The Balaban J connectivity index is 1.43. The lowest BCUT2D eigenvalue weighted by atomic mass is 10.0. The predicted octanol–water partition coefficient (Wildman–Crippen LogP) is 3.01. The first kappa shape index (κ1) is 23.3. The predicted molar refractivity (Wildman–Crippen MR) is 129 cm³/mol. The van der Waals surface area contributed by atoms with Crippen LogP contribution in [0.4, 0.5) is 5.69 Å². The molecule has 33 heavy (non-hydrogen) atoms. The van der Waals surface area contributed by atoms with Gasteiger partial charge in [-0.05, 0) is 37.5 Å². The molecular weight excluding hydrogens is 416 g/mol. The van der Waals surface area contributed by atoms with Gasteiger partial charge in [0.05, 0.1) is 18.8 Å². The maximum absolute atomic E-state index is 13.5. The van der Waals surface area contributed by atoms with E-state index in [0.717, 1.165) is 57.7 Å². The van der Waals surface area contributed by atoms with Crippen LogP contribution in [-0.4, -0.2) is 78.9 Å². The Morgan fingerprint density at radius 2 is 1.58 bits per heavy atom. The van der Waals surface area contributed by atoms with Crippen LogP contribution in [0, 0.1) is 0 Å². The van der Waals surface area contributed by atoms with Crippen LogP contribution in [0.5, 0.6) is 5.75 Å². The van der Waals surface area contributed by atoms with Crippen molar-refractivity contribution in [2.75, 3.05) is 57.7 Å². The van der Waals surface area contributed by atoms with E-state index in [1.165, 1.54) is 0 Å². The van der Waals surface area contributed by atoms with E-state index in [0.29, 0.717) is 24.6 Å². The Morgan fingerprint density at radius 3 is 2.27 bits per heavy atom. The zero-order valence-corrected chi connectivity index (χ0v) is 19.4. The highest BCUT2D eigenvalue weighted by Crippen LogP contribution is 2.28. The number of rotatable bonds is 8.